The number of ether oxygens (including phenoxy) is 1. The van der Waals surface area contributed by atoms with E-state index in [-0.39, 0.29) is 0 Å². The third-order valence-electron chi connectivity index (χ3n) is 0.569. The molecule has 5 nitrogen and oxygen atoms in total. The molecule has 0 N–H and O–H groups in total. The lowest BCUT2D eigenvalue weighted by Gasteiger charge is -2.00. The van der Waals surface area contributed by atoms with E-state index in [0.717, 1.165) is 7.11 Å². The van der Waals surface area contributed by atoms with E-state index in [1.807, 2.05) is 0 Å². The summed E-state index contributed by atoms with van der Waals surface area (Å²) >= 11 is 0. The predicted molar refractivity (Wildman–Crippen MR) is 28.4 cm³/mol. The SMILES string of the molecule is COC(=O)OS(=O)(=O)C(F)F. The number of hydrogen-bond acceptors (Lipinski definition) is 5. The molecule has 0 aliphatic heterocycles. The molecule has 0 aromatic rings. The quantitative estimate of drug-likeness (QED) is 0.463. The Morgan fingerprint density at radius 3 is 2.18 bits per heavy atom. The Hall–Kier alpha value is -0.920. The summed E-state index contributed by atoms with van der Waals surface area (Å²) in [5.41, 5.74) is 0. The zero-order valence-electron chi connectivity index (χ0n) is 5.28. The van der Waals surface area contributed by atoms with E-state index in [0.29, 0.717) is 0 Å². The zero-order chi connectivity index (χ0) is 9.07. The van der Waals surface area contributed by atoms with Crippen LogP contribution in [0.3, 0.4) is 0 Å². The maximum Gasteiger partial charge on any atom is 0.524 e. The molecule has 8 heteroatoms. The molecule has 0 amide bonds. The molecule has 0 saturated heterocycles. The topological polar surface area (TPSA) is 69.7 Å². The highest BCUT2D eigenvalue weighted by molar-refractivity contribution is 7.87. The third kappa shape index (κ3) is 3.12. The fourth-order valence-electron chi connectivity index (χ4n) is 0.165. The van der Waals surface area contributed by atoms with Crippen molar-refractivity contribution in [3.63, 3.8) is 0 Å². The number of carbonyl (C=O) groups excluding carboxylic acids is 1. The van der Waals surface area contributed by atoms with Crippen molar-refractivity contribution in [2.45, 2.75) is 5.76 Å². The van der Waals surface area contributed by atoms with Crippen molar-refractivity contribution in [2.24, 2.45) is 0 Å². The highest BCUT2D eigenvalue weighted by atomic mass is 32.2. The van der Waals surface area contributed by atoms with E-state index >= 15 is 0 Å². The van der Waals surface area contributed by atoms with Crippen LogP contribution in [0.25, 0.3) is 0 Å². The van der Waals surface area contributed by atoms with E-state index in [1.54, 1.807) is 0 Å². The molecule has 11 heavy (non-hydrogen) atoms. The maximum absolute atomic E-state index is 11.4. The summed E-state index contributed by atoms with van der Waals surface area (Å²) in [4.78, 5) is 9.97. The van der Waals surface area contributed by atoms with Gasteiger partial charge in [0.25, 0.3) is 0 Å². The second kappa shape index (κ2) is 3.46. The average Bonchev–Trinajstić information content (AvgIpc) is 1.86. The third-order valence-corrected chi connectivity index (χ3v) is 1.37. The molecule has 0 fully saturated rings. The van der Waals surface area contributed by atoms with Crippen molar-refractivity contribution in [1.29, 1.82) is 0 Å². The standard InChI is InChI=1S/C3H4F2O5S/c1-9-3(6)10-11(7,8)2(4)5/h2H,1H3. The van der Waals surface area contributed by atoms with E-state index in [4.69, 9.17) is 0 Å². The van der Waals surface area contributed by atoms with E-state index in [1.165, 1.54) is 0 Å². The molecular weight excluding hydrogens is 186 g/mol. The summed E-state index contributed by atoms with van der Waals surface area (Å²) in [5, 5.41) is 0. The largest absolute Gasteiger partial charge is 0.524 e. The summed E-state index contributed by atoms with van der Waals surface area (Å²) in [7, 11) is -4.32. The van der Waals surface area contributed by atoms with Crippen molar-refractivity contribution < 1.29 is 30.9 Å². The van der Waals surface area contributed by atoms with Gasteiger partial charge in [-0.15, -0.1) is 0 Å². The number of methoxy groups -OCH3 is 1. The lowest BCUT2D eigenvalue weighted by molar-refractivity contribution is 0.116. The molecule has 66 valence electrons. The normalized spacial score (nSPS) is 11.3. The Bertz CT molecular complexity index is 232. The van der Waals surface area contributed by atoms with Crippen LogP contribution in [0.2, 0.25) is 0 Å². The minimum Gasteiger partial charge on any atom is -0.437 e. The lowest BCUT2D eigenvalue weighted by Crippen LogP contribution is -2.19. The molecule has 0 aliphatic carbocycles. The van der Waals surface area contributed by atoms with Crippen LogP contribution in [-0.4, -0.2) is 27.4 Å². The number of carbonyl (C=O) groups is 1. The molecule has 0 aromatic carbocycles. The van der Waals surface area contributed by atoms with Crippen LogP contribution in [-0.2, 0) is 19.0 Å². The molecule has 0 saturated carbocycles. The smallest absolute Gasteiger partial charge is 0.437 e. The van der Waals surface area contributed by atoms with Crippen molar-refractivity contribution in [1.82, 2.24) is 0 Å². The summed E-state index contributed by atoms with van der Waals surface area (Å²) < 4.78 is 49.7. The van der Waals surface area contributed by atoms with Gasteiger partial charge in [-0.3, -0.25) is 0 Å². The van der Waals surface area contributed by atoms with Gasteiger partial charge in [-0.2, -0.15) is 17.2 Å². The van der Waals surface area contributed by atoms with Crippen LogP contribution in [0.5, 0.6) is 0 Å². The van der Waals surface area contributed by atoms with Crippen LogP contribution in [0.15, 0.2) is 0 Å². The van der Waals surface area contributed by atoms with Gasteiger partial charge in [-0.25, -0.2) is 4.79 Å². The predicted octanol–water partition coefficient (Wildman–Crippen LogP) is 0.322. The van der Waals surface area contributed by atoms with Gasteiger partial charge < -0.3 is 8.92 Å². The Morgan fingerprint density at radius 1 is 1.45 bits per heavy atom. The first-order valence-electron chi connectivity index (χ1n) is 2.19. The fraction of sp³-hybridized carbons (Fsp3) is 0.667. The number of rotatable bonds is 2. The molecule has 0 aliphatic rings. The number of alkyl halides is 2. The molecule has 0 aromatic heterocycles. The Morgan fingerprint density at radius 2 is 1.91 bits per heavy atom. The number of hydrogen-bond donors (Lipinski definition) is 0. The molecular formula is C3H4F2O5S. The number of halogens is 2. The molecule has 0 atom stereocenters. The monoisotopic (exact) mass is 190 g/mol. The van der Waals surface area contributed by atoms with E-state index in [2.05, 4.69) is 8.92 Å². The van der Waals surface area contributed by atoms with Gasteiger partial charge in [0.2, 0.25) is 0 Å². The van der Waals surface area contributed by atoms with Gasteiger partial charge in [-0.1, -0.05) is 0 Å². The minimum absolute atomic E-state index is 0.795. The fourth-order valence-corrected chi connectivity index (χ4v) is 0.496. The second-order valence-corrected chi connectivity index (χ2v) is 2.80. The summed E-state index contributed by atoms with van der Waals surface area (Å²) in [6.07, 6.45) is -1.69. The van der Waals surface area contributed by atoms with Gasteiger partial charge in [0.15, 0.2) is 0 Å². The minimum atomic E-state index is -5.12. The van der Waals surface area contributed by atoms with Crippen LogP contribution in [0, 0.1) is 0 Å². The van der Waals surface area contributed by atoms with Gasteiger partial charge >= 0.3 is 22.0 Å². The molecule has 0 spiro atoms. The molecule has 0 radical (unpaired) electrons. The first-order valence-corrected chi connectivity index (χ1v) is 3.66. The molecule has 0 rings (SSSR count). The van der Waals surface area contributed by atoms with Gasteiger partial charge in [-0.05, 0) is 0 Å². The van der Waals surface area contributed by atoms with Crippen molar-refractivity contribution in [2.75, 3.05) is 7.11 Å². The van der Waals surface area contributed by atoms with Crippen molar-refractivity contribution in [3.05, 3.63) is 0 Å². The molecule has 0 bridgehead atoms. The Kier molecular flexibility index (Phi) is 3.18. The van der Waals surface area contributed by atoms with Gasteiger partial charge in [0, 0.05) is 0 Å². The first kappa shape index (κ1) is 10.1. The summed E-state index contributed by atoms with van der Waals surface area (Å²) in [6.45, 7) is 0. The zero-order valence-corrected chi connectivity index (χ0v) is 6.10. The highest BCUT2D eigenvalue weighted by Crippen LogP contribution is 2.07. The van der Waals surface area contributed by atoms with Gasteiger partial charge in [0.05, 0.1) is 7.11 Å². The van der Waals surface area contributed by atoms with Crippen molar-refractivity contribution >= 4 is 16.3 Å². The highest BCUT2D eigenvalue weighted by Gasteiger charge is 2.29. The van der Waals surface area contributed by atoms with Crippen LogP contribution in [0.1, 0.15) is 0 Å². The molecule has 0 unspecified atom stereocenters. The lowest BCUT2D eigenvalue weighted by atomic mass is 11.4. The van der Waals surface area contributed by atoms with Gasteiger partial charge in [0.1, 0.15) is 0 Å². The average molecular weight is 190 g/mol. The first-order chi connectivity index (χ1) is 4.90. The molecule has 0 heterocycles. The second-order valence-electron chi connectivity index (χ2n) is 1.29. The van der Waals surface area contributed by atoms with E-state index < -0.39 is 22.0 Å². The van der Waals surface area contributed by atoms with E-state index in [9.17, 15) is 22.0 Å². The Labute approximate surface area is 61.0 Å². The van der Waals surface area contributed by atoms with Crippen molar-refractivity contribution in [3.8, 4) is 0 Å². The van der Waals surface area contributed by atoms with Crippen LogP contribution < -0.4 is 0 Å². The maximum atomic E-state index is 11.4. The summed E-state index contributed by atoms with van der Waals surface area (Å²) in [6, 6.07) is 0. The van der Waals surface area contributed by atoms with Crippen LogP contribution in [0.4, 0.5) is 13.6 Å². The van der Waals surface area contributed by atoms with Crippen LogP contribution >= 0.6 is 0 Å². The Balaban J connectivity index is 4.27. The summed E-state index contributed by atoms with van der Waals surface area (Å²) in [5.74, 6) is -3.75.